The van der Waals surface area contributed by atoms with Crippen molar-refractivity contribution in [3.63, 3.8) is 0 Å². The molecular formula is C23H38IN5O2. The molecular weight excluding hydrogens is 505 g/mol. The van der Waals surface area contributed by atoms with E-state index in [1.165, 1.54) is 5.56 Å². The molecule has 7 nitrogen and oxygen atoms in total. The first-order valence-corrected chi connectivity index (χ1v) is 11.3. The number of nitrogens with one attached hydrogen (secondary N) is 3. The molecule has 2 aliphatic rings. The van der Waals surface area contributed by atoms with Crippen LogP contribution >= 0.6 is 24.0 Å². The average Bonchev–Trinajstić information content (AvgIpc) is 3.25. The van der Waals surface area contributed by atoms with Gasteiger partial charge in [0.1, 0.15) is 0 Å². The van der Waals surface area contributed by atoms with Crippen molar-refractivity contribution in [2.45, 2.75) is 44.8 Å². The number of piperidine rings is 1. The fourth-order valence-corrected chi connectivity index (χ4v) is 4.23. The number of carbonyl (C=O) groups excluding carboxylic acids is 1. The van der Waals surface area contributed by atoms with Crippen molar-refractivity contribution >= 4 is 35.8 Å². The molecule has 174 valence electrons. The van der Waals surface area contributed by atoms with E-state index < -0.39 is 0 Å². The predicted molar refractivity (Wildman–Crippen MR) is 136 cm³/mol. The summed E-state index contributed by atoms with van der Waals surface area (Å²) in [5.41, 5.74) is 1.25. The van der Waals surface area contributed by atoms with Crippen molar-refractivity contribution in [1.82, 2.24) is 20.9 Å². The number of carbonyl (C=O) groups is 1. The summed E-state index contributed by atoms with van der Waals surface area (Å²) in [7, 11) is 1.82. The number of rotatable bonds is 8. The highest BCUT2D eigenvalue weighted by molar-refractivity contribution is 14.0. The average molecular weight is 543 g/mol. The summed E-state index contributed by atoms with van der Waals surface area (Å²) in [6.07, 6.45) is 4.21. The van der Waals surface area contributed by atoms with Crippen LogP contribution in [0.4, 0.5) is 0 Å². The molecule has 2 fully saturated rings. The number of ether oxygens (including phenoxy) is 1. The Kier molecular flexibility index (Phi) is 11.6. The van der Waals surface area contributed by atoms with Gasteiger partial charge >= 0.3 is 0 Å². The van der Waals surface area contributed by atoms with E-state index in [9.17, 15) is 4.79 Å². The fraction of sp³-hybridized carbons (Fsp3) is 0.652. The quantitative estimate of drug-likeness (QED) is 0.267. The zero-order valence-corrected chi connectivity index (χ0v) is 21.1. The Morgan fingerprint density at radius 2 is 1.90 bits per heavy atom. The van der Waals surface area contributed by atoms with E-state index >= 15 is 0 Å². The van der Waals surface area contributed by atoms with Crippen molar-refractivity contribution in [3.8, 4) is 0 Å². The largest absolute Gasteiger partial charge is 0.373 e. The van der Waals surface area contributed by atoms with Gasteiger partial charge in [-0.1, -0.05) is 37.3 Å². The van der Waals surface area contributed by atoms with Gasteiger partial charge in [0.15, 0.2) is 5.96 Å². The Bertz CT molecular complexity index is 680. The van der Waals surface area contributed by atoms with Crippen molar-refractivity contribution < 1.29 is 9.53 Å². The molecule has 3 N–H and O–H groups in total. The summed E-state index contributed by atoms with van der Waals surface area (Å²) in [4.78, 5) is 18.6. The number of nitrogens with zero attached hydrogens (tertiary/aromatic N) is 2. The highest BCUT2D eigenvalue weighted by Crippen LogP contribution is 2.33. The minimum Gasteiger partial charge on any atom is -0.373 e. The van der Waals surface area contributed by atoms with Gasteiger partial charge in [-0.15, -0.1) is 24.0 Å². The number of benzene rings is 1. The molecule has 0 aliphatic carbocycles. The topological polar surface area (TPSA) is 78.0 Å². The maximum absolute atomic E-state index is 11.9. The van der Waals surface area contributed by atoms with Crippen LogP contribution in [0.3, 0.4) is 0 Å². The zero-order valence-electron chi connectivity index (χ0n) is 18.8. The maximum atomic E-state index is 11.9. The van der Waals surface area contributed by atoms with Crippen molar-refractivity contribution in [1.29, 1.82) is 0 Å². The minimum atomic E-state index is 0. The van der Waals surface area contributed by atoms with Crippen LogP contribution in [0.5, 0.6) is 0 Å². The third kappa shape index (κ3) is 8.23. The molecule has 1 aromatic rings. The Balaban J connectivity index is 0.00000341. The van der Waals surface area contributed by atoms with Gasteiger partial charge in [-0.25, -0.2) is 0 Å². The first-order chi connectivity index (χ1) is 14.7. The van der Waals surface area contributed by atoms with E-state index in [4.69, 9.17) is 4.74 Å². The Labute approximate surface area is 203 Å². The Hall–Kier alpha value is -1.39. The van der Waals surface area contributed by atoms with Gasteiger partial charge in [0, 0.05) is 51.8 Å². The molecule has 31 heavy (non-hydrogen) atoms. The second-order valence-electron chi connectivity index (χ2n) is 8.25. The normalized spacial score (nSPS) is 22.6. The van der Waals surface area contributed by atoms with Crippen molar-refractivity contribution in [2.75, 3.05) is 46.4 Å². The summed E-state index contributed by atoms with van der Waals surface area (Å²) >= 11 is 0. The first kappa shape index (κ1) is 25.9. The number of likely N-dealkylation sites (tertiary alicyclic amines) is 1. The first-order valence-electron chi connectivity index (χ1n) is 11.3. The monoisotopic (exact) mass is 543 g/mol. The molecule has 2 atom stereocenters. The molecule has 8 heteroatoms. The predicted octanol–water partition coefficient (Wildman–Crippen LogP) is 2.54. The fourth-order valence-electron chi connectivity index (χ4n) is 4.23. The molecule has 3 rings (SSSR count). The van der Waals surface area contributed by atoms with E-state index in [1.54, 1.807) is 0 Å². The second-order valence-corrected chi connectivity index (χ2v) is 8.25. The van der Waals surface area contributed by atoms with Crippen LogP contribution in [0, 0.1) is 5.92 Å². The number of hydrogen-bond acceptors (Lipinski definition) is 4. The molecule has 2 unspecified atom stereocenters. The summed E-state index contributed by atoms with van der Waals surface area (Å²) < 4.78 is 6.00. The summed E-state index contributed by atoms with van der Waals surface area (Å²) in [6.45, 7) is 6.84. The molecule has 0 radical (unpaired) electrons. The van der Waals surface area contributed by atoms with Crippen LogP contribution in [-0.2, 0) is 9.53 Å². The lowest BCUT2D eigenvalue weighted by atomic mass is 9.95. The molecule has 2 heterocycles. The van der Waals surface area contributed by atoms with Gasteiger partial charge in [-0.05, 0) is 31.2 Å². The second kappa shape index (κ2) is 13.9. The maximum Gasteiger partial charge on any atom is 0.234 e. The van der Waals surface area contributed by atoms with Gasteiger partial charge in [-0.2, -0.15) is 0 Å². The SMILES string of the molecule is CCCNC(=O)CN1CCC(NC(=NC)NCC2CCOC2c2ccccc2)CC1.I. The van der Waals surface area contributed by atoms with Crippen molar-refractivity contribution in [3.05, 3.63) is 35.9 Å². The lowest BCUT2D eigenvalue weighted by Gasteiger charge is -2.32. The Morgan fingerprint density at radius 3 is 2.58 bits per heavy atom. The molecule has 0 spiro atoms. The number of amides is 1. The van der Waals surface area contributed by atoms with Crippen LogP contribution in [0.25, 0.3) is 0 Å². The van der Waals surface area contributed by atoms with Crippen LogP contribution in [0.2, 0.25) is 0 Å². The van der Waals surface area contributed by atoms with E-state index in [2.05, 4.69) is 57.0 Å². The number of guanidine groups is 1. The van der Waals surface area contributed by atoms with E-state index in [0.717, 1.165) is 64.4 Å². The van der Waals surface area contributed by atoms with Gasteiger partial charge < -0.3 is 20.7 Å². The summed E-state index contributed by atoms with van der Waals surface area (Å²) in [5.74, 6) is 1.43. The third-order valence-corrected chi connectivity index (χ3v) is 5.97. The summed E-state index contributed by atoms with van der Waals surface area (Å²) in [6, 6.07) is 10.9. The van der Waals surface area contributed by atoms with Gasteiger partial charge in [0.2, 0.25) is 5.91 Å². The van der Waals surface area contributed by atoms with E-state index in [-0.39, 0.29) is 36.0 Å². The lowest BCUT2D eigenvalue weighted by Crippen LogP contribution is -2.50. The zero-order chi connectivity index (χ0) is 21.2. The van der Waals surface area contributed by atoms with Crippen LogP contribution in [0.15, 0.2) is 35.3 Å². The van der Waals surface area contributed by atoms with Crippen LogP contribution in [-0.4, -0.2) is 69.2 Å². The van der Waals surface area contributed by atoms with E-state index in [0.29, 0.717) is 18.5 Å². The van der Waals surface area contributed by atoms with E-state index in [1.807, 2.05) is 13.1 Å². The van der Waals surface area contributed by atoms with Crippen molar-refractivity contribution in [2.24, 2.45) is 10.9 Å². The highest BCUT2D eigenvalue weighted by atomic mass is 127. The third-order valence-electron chi connectivity index (χ3n) is 5.97. The number of aliphatic imine (C=N–C) groups is 1. The van der Waals surface area contributed by atoms with Crippen LogP contribution in [0.1, 0.15) is 44.3 Å². The lowest BCUT2D eigenvalue weighted by molar-refractivity contribution is -0.122. The van der Waals surface area contributed by atoms with Gasteiger partial charge in [-0.3, -0.25) is 14.7 Å². The molecule has 1 aromatic carbocycles. The molecule has 0 saturated carbocycles. The van der Waals surface area contributed by atoms with Crippen LogP contribution < -0.4 is 16.0 Å². The summed E-state index contributed by atoms with van der Waals surface area (Å²) in [5, 5.41) is 10.0. The highest BCUT2D eigenvalue weighted by Gasteiger charge is 2.30. The smallest absolute Gasteiger partial charge is 0.234 e. The van der Waals surface area contributed by atoms with Gasteiger partial charge in [0.25, 0.3) is 0 Å². The Morgan fingerprint density at radius 1 is 1.16 bits per heavy atom. The van der Waals surface area contributed by atoms with Gasteiger partial charge in [0.05, 0.1) is 12.6 Å². The molecule has 2 aliphatic heterocycles. The number of hydrogen-bond donors (Lipinski definition) is 3. The minimum absolute atomic E-state index is 0. The molecule has 2 saturated heterocycles. The standard InChI is InChI=1S/C23H37N5O2.HI/c1-3-12-25-21(29)17-28-13-9-20(10-14-28)27-23(24-2)26-16-19-11-15-30-22(19)18-7-5-4-6-8-18;/h4-8,19-20,22H,3,9-17H2,1-2H3,(H,25,29)(H2,24,26,27);1H. The molecule has 0 aromatic heterocycles. The molecule has 1 amide bonds. The molecule has 0 bridgehead atoms. The number of halogens is 1.